The van der Waals surface area contributed by atoms with Crippen molar-refractivity contribution in [3.05, 3.63) is 42.0 Å². The normalized spacial score (nSPS) is 15.7. The van der Waals surface area contributed by atoms with Crippen LogP contribution in [0, 0.1) is 5.92 Å². The third kappa shape index (κ3) is 5.54. The summed E-state index contributed by atoms with van der Waals surface area (Å²) in [6, 6.07) is 10.2. The van der Waals surface area contributed by atoms with E-state index in [1.54, 1.807) is 0 Å². The molecular formula is C19H30O2Si. The average Bonchev–Trinajstić information content (AvgIpc) is 2.44. The number of carbonyl (C=O) groups excluding carboxylic acids is 1. The van der Waals surface area contributed by atoms with Crippen LogP contribution < -0.4 is 0 Å². The van der Waals surface area contributed by atoms with Gasteiger partial charge in [-0.25, -0.2) is 0 Å². The molecule has 3 heteroatoms. The Morgan fingerprint density at radius 2 is 1.77 bits per heavy atom. The fourth-order valence-corrected chi connectivity index (χ4v) is 3.39. The quantitative estimate of drug-likeness (QED) is 0.502. The Morgan fingerprint density at radius 3 is 2.27 bits per heavy atom. The van der Waals surface area contributed by atoms with Gasteiger partial charge < -0.3 is 9.22 Å². The van der Waals surface area contributed by atoms with Crippen LogP contribution in [0.25, 0.3) is 6.08 Å². The highest BCUT2D eigenvalue weighted by molar-refractivity contribution is 6.74. The molecule has 0 aliphatic rings. The van der Waals surface area contributed by atoms with Crippen molar-refractivity contribution in [3.63, 3.8) is 0 Å². The molecule has 0 spiro atoms. The highest BCUT2D eigenvalue weighted by Gasteiger charge is 2.39. The molecule has 0 amide bonds. The van der Waals surface area contributed by atoms with Crippen molar-refractivity contribution < 1.29 is 9.22 Å². The van der Waals surface area contributed by atoms with Crippen LogP contribution in [0.15, 0.2) is 36.4 Å². The fourth-order valence-electron chi connectivity index (χ4n) is 1.97. The molecule has 0 bridgehead atoms. The number of hydrogen-bond donors (Lipinski definition) is 0. The fraction of sp³-hybridized carbons (Fsp3) is 0.526. The third-order valence-electron chi connectivity index (χ3n) is 4.56. The van der Waals surface area contributed by atoms with Crippen molar-refractivity contribution in [1.82, 2.24) is 0 Å². The smallest absolute Gasteiger partial charge is 0.192 e. The molecule has 0 heterocycles. The Bertz CT molecular complexity index is 486. The van der Waals surface area contributed by atoms with Crippen LogP contribution in [-0.2, 0) is 9.22 Å². The second kappa shape index (κ2) is 7.89. The molecule has 1 rings (SSSR count). The van der Waals surface area contributed by atoms with Gasteiger partial charge in [-0.3, -0.25) is 0 Å². The van der Waals surface area contributed by atoms with Crippen LogP contribution in [-0.4, -0.2) is 20.7 Å². The van der Waals surface area contributed by atoms with E-state index in [0.29, 0.717) is 6.42 Å². The Morgan fingerprint density at radius 1 is 1.18 bits per heavy atom. The number of aldehydes is 1. The van der Waals surface area contributed by atoms with Crippen LogP contribution >= 0.6 is 0 Å². The van der Waals surface area contributed by atoms with Crippen molar-refractivity contribution in [2.24, 2.45) is 5.92 Å². The minimum absolute atomic E-state index is 0.0432. The molecule has 0 fully saturated rings. The zero-order valence-corrected chi connectivity index (χ0v) is 15.8. The van der Waals surface area contributed by atoms with Crippen LogP contribution in [0.1, 0.15) is 39.7 Å². The number of hydrogen-bond acceptors (Lipinski definition) is 2. The zero-order valence-electron chi connectivity index (χ0n) is 14.8. The summed E-state index contributed by atoms with van der Waals surface area (Å²) >= 11 is 0. The molecule has 0 aliphatic heterocycles. The lowest BCUT2D eigenvalue weighted by Crippen LogP contribution is -2.45. The van der Waals surface area contributed by atoms with E-state index in [0.717, 1.165) is 6.29 Å². The van der Waals surface area contributed by atoms with Gasteiger partial charge >= 0.3 is 0 Å². The van der Waals surface area contributed by atoms with E-state index >= 15 is 0 Å². The zero-order chi connectivity index (χ0) is 16.8. The summed E-state index contributed by atoms with van der Waals surface area (Å²) in [5.74, 6) is 0.208. The van der Waals surface area contributed by atoms with Gasteiger partial charge in [-0.2, -0.15) is 0 Å². The summed E-state index contributed by atoms with van der Waals surface area (Å²) in [6.07, 6.45) is 5.64. The first-order valence-electron chi connectivity index (χ1n) is 8.02. The lowest BCUT2D eigenvalue weighted by Gasteiger charge is -2.40. The van der Waals surface area contributed by atoms with Crippen molar-refractivity contribution in [3.8, 4) is 0 Å². The van der Waals surface area contributed by atoms with Gasteiger partial charge in [-0.05, 0) is 29.6 Å². The number of benzene rings is 1. The summed E-state index contributed by atoms with van der Waals surface area (Å²) in [5, 5.41) is 0.150. The maximum absolute atomic E-state index is 11.0. The van der Waals surface area contributed by atoms with Crippen LogP contribution in [0.3, 0.4) is 0 Å². The van der Waals surface area contributed by atoms with E-state index < -0.39 is 8.32 Å². The van der Waals surface area contributed by atoms with Crippen LogP contribution in [0.4, 0.5) is 0 Å². The standard InChI is InChI=1S/C19H30O2Si/c1-16(12-13-17-10-8-7-9-11-17)18(14-15-20)21-22(5,6)19(2,3)4/h7-13,15-16,18H,14H2,1-6H3/b13-12+/t16-,18+/m1/s1. The molecule has 0 N–H and O–H groups in total. The minimum atomic E-state index is -1.87. The first kappa shape index (κ1) is 18.9. The van der Waals surface area contributed by atoms with E-state index in [1.165, 1.54) is 5.56 Å². The monoisotopic (exact) mass is 318 g/mol. The Kier molecular flexibility index (Phi) is 6.76. The molecule has 122 valence electrons. The molecule has 1 aromatic carbocycles. The maximum atomic E-state index is 11.0. The summed E-state index contributed by atoms with van der Waals surface area (Å²) in [7, 11) is -1.87. The molecular weight excluding hydrogens is 288 g/mol. The highest BCUT2D eigenvalue weighted by Crippen LogP contribution is 2.38. The lowest BCUT2D eigenvalue weighted by molar-refractivity contribution is -0.109. The molecule has 0 aliphatic carbocycles. The molecule has 0 radical (unpaired) electrons. The Balaban J connectivity index is 2.82. The highest BCUT2D eigenvalue weighted by atomic mass is 28.4. The largest absolute Gasteiger partial charge is 0.413 e. The summed E-state index contributed by atoms with van der Waals surface area (Å²) in [5.41, 5.74) is 1.17. The second-order valence-corrected chi connectivity index (χ2v) is 12.2. The molecule has 2 atom stereocenters. The van der Waals surface area contributed by atoms with Crippen molar-refractivity contribution in [2.75, 3.05) is 0 Å². The first-order valence-corrected chi connectivity index (χ1v) is 10.9. The van der Waals surface area contributed by atoms with Gasteiger partial charge in [0.2, 0.25) is 0 Å². The minimum Gasteiger partial charge on any atom is -0.413 e. The van der Waals surface area contributed by atoms with Gasteiger partial charge in [-0.15, -0.1) is 0 Å². The second-order valence-electron chi connectivity index (χ2n) is 7.45. The molecule has 0 saturated carbocycles. The molecule has 0 saturated heterocycles. The van der Waals surface area contributed by atoms with Gasteiger partial charge in [0.15, 0.2) is 8.32 Å². The Labute approximate surface area is 136 Å². The van der Waals surface area contributed by atoms with E-state index in [-0.39, 0.29) is 17.1 Å². The molecule has 22 heavy (non-hydrogen) atoms. The average molecular weight is 319 g/mol. The summed E-state index contributed by atoms with van der Waals surface area (Å²) < 4.78 is 6.45. The molecule has 1 aromatic rings. The van der Waals surface area contributed by atoms with E-state index in [4.69, 9.17) is 4.43 Å². The Hall–Kier alpha value is -1.19. The third-order valence-corrected chi connectivity index (χ3v) is 9.06. The predicted molar refractivity (Wildman–Crippen MR) is 97.4 cm³/mol. The van der Waals surface area contributed by atoms with Gasteiger partial charge in [-0.1, -0.05) is 70.2 Å². The van der Waals surface area contributed by atoms with Crippen molar-refractivity contribution >= 4 is 20.7 Å². The first-order chi connectivity index (χ1) is 10.2. The summed E-state index contributed by atoms with van der Waals surface area (Å²) in [4.78, 5) is 11.0. The molecule has 2 nitrogen and oxygen atoms in total. The van der Waals surface area contributed by atoms with Gasteiger partial charge in [0.25, 0.3) is 0 Å². The van der Waals surface area contributed by atoms with Gasteiger partial charge in [0, 0.05) is 6.42 Å². The van der Waals surface area contributed by atoms with Crippen LogP contribution in [0.5, 0.6) is 0 Å². The van der Waals surface area contributed by atoms with Gasteiger partial charge in [0.05, 0.1) is 6.10 Å². The SMILES string of the molecule is C[C@H](/C=C/c1ccccc1)[C@H](CC=O)O[Si](C)(C)C(C)(C)C. The molecule has 0 unspecified atom stereocenters. The predicted octanol–water partition coefficient (Wildman–Crippen LogP) is 5.32. The van der Waals surface area contributed by atoms with Crippen molar-refractivity contribution in [1.29, 1.82) is 0 Å². The van der Waals surface area contributed by atoms with E-state index in [1.807, 2.05) is 18.2 Å². The van der Waals surface area contributed by atoms with E-state index in [2.05, 4.69) is 65.1 Å². The topological polar surface area (TPSA) is 26.3 Å². The maximum Gasteiger partial charge on any atom is 0.192 e. The van der Waals surface area contributed by atoms with Crippen molar-refractivity contribution in [2.45, 2.75) is 58.4 Å². The number of rotatable bonds is 7. The summed E-state index contributed by atoms with van der Waals surface area (Å²) in [6.45, 7) is 13.3. The van der Waals surface area contributed by atoms with Gasteiger partial charge in [0.1, 0.15) is 6.29 Å². The van der Waals surface area contributed by atoms with Crippen LogP contribution in [0.2, 0.25) is 18.1 Å². The number of carbonyl (C=O) groups is 1. The molecule has 0 aromatic heterocycles. The lowest BCUT2D eigenvalue weighted by atomic mass is 10.0. The van der Waals surface area contributed by atoms with E-state index in [9.17, 15) is 4.79 Å².